The third kappa shape index (κ3) is 4.49. The molecular weight excluding hydrogens is 310 g/mol. The molecule has 0 unspecified atom stereocenters. The zero-order valence-electron chi connectivity index (χ0n) is 15.9. The lowest BCUT2D eigenvalue weighted by atomic mass is 9.77. The normalized spacial score (nSPS) is 20.3. The fourth-order valence-electron chi connectivity index (χ4n) is 3.95. The number of pyridine rings is 1. The highest BCUT2D eigenvalue weighted by Crippen LogP contribution is 2.41. The van der Waals surface area contributed by atoms with Crippen molar-refractivity contribution >= 4 is 5.91 Å². The quantitative estimate of drug-likeness (QED) is 0.770. The monoisotopic (exact) mass is 341 g/mol. The van der Waals surface area contributed by atoms with E-state index in [2.05, 4.69) is 48.9 Å². The number of likely N-dealkylation sites (tertiary alicyclic amines) is 2. The van der Waals surface area contributed by atoms with Gasteiger partial charge in [0, 0.05) is 32.3 Å². The van der Waals surface area contributed by atoms with E-state index in [0.717, 1.165) is 64.1 Å². The second kappa shape index (κ2) is 7.69. The summed E-state index contributed by atoms with van der Waals surface area (Å²) in [5.41, 5.74) is 3.94. The maximum atomic E-state index is 12.4. The fourth-order valence-corrected chi connectivity index (χ4v) is 3.95. The summed E-state index contributed by atoms with van der Waals surface area (Å²) in [4.78, 5) is 21.5. The van der Waals surface area contributed by atoms with Crippen LogP contribution in [0.5, 0.6) is 0 Å². The minimum atomic E-state index is 0.211. The molecule has 2 aliphatic heterocycles. The molecule has 3 heterocycles. The number of carbonyl (C=O) groups excluding carboxylic acids is 1. The van der Waals surface area contributed by atoms with Crippen LogP contribution in [0.15, 0.2) is 30.0 Å². The van der Waals surface area contributed by atoms with E-state index in [1.165, 1.54) is 11.1 Å². The number of hydrogen-bond donors (Lipinski definition) is 0. The van der Waals surface area contributed by atoms with Gasteiger partial charge in [0.15, 0.2) is 0 Å². The maximum absolute atomic E-state index is 12.4. The molecule has 0 bridgehead atoms. The highest BCUT2D eigenvalue weighted by Gasteiger charge is 2.44. The maximum Gasteiger partial charge on any atom is 0.223 e. The Kier molecular flexibility index (Phi) is 5.57. The summed E-state index contributed by atoms with van der Waals surface area (Å²) in [5, 5.41) is 0. The first-order chi connectivity index (χ1) is 12.0. The molecule has 4 nitrogen and oxygen atoms in total. The van der Waals surface area contributed by atoms with Crippen LogP contribution < -0.4 is 0 Å². The minimum absolute atomic E-state index is 0.211. The number of piperidine rings is 1. The zero-order chi connectivity index (χ0) is 17.9. The van der Waals surface area contributed by atoms with Crippen molar-refractivity contribution in [2.75, 3.05) is 26.2 Å². The largest absolute Gasteiger partial charge is 0.338 e. The van der Waals surface area contributed by atoms with E-state index < -0.39 is 0 Å². The predicted molar refractivity (Wildman–Crippen MR) is 101 cm³/mol. The molecule has 4 heteroatoms. The van der Waals surface area contributed by atoms with Crippen molar-refractivity contribution in [3.05, 3.63) is 41.2 Å². The number of amides is 1. The molecule has 1 aromatic rings. The van der Waals surface area contributed by atoms with Gasteiger partial charge >= 0.3 is 0 Å². The van der Waals surface area contributed by atoms with Crippen LogP contribution in [-0.4, -0.2) is 46.9 Å². The summed E-state index contributed by atoms with van der Waals surface area (Å²) >= 11 is 0. The third-order valence-corrected chi connectivity index (χ3v) is 5.72. The molecule has 0 saturated carbocycles. The Morgan fingerprint density at radius 3 is 2.64 bits per heavy atom. The molecule has 0 N–H and O–H groups in total. The van der Waals surface area contributed by atoms with Gasteiger partial charge < -0.3 is 4.90 Å². The fraction of sp³-hybridized carbons (Fsp3) is 0.619. The van der Waals surface area contributed by atoms with E-state index in [-0.39, 0.29) is 5.41 Å². The van der Waals surface area contributed by atoms with Crippen molar-refractivity contribution in [3.8, 4) is 0 Å². The molecule has 2 fully saturated rings. The lowest BCUT2D eigenvalue weighted by Crippen LogP contribution is -2.41. The molecule has 1 aromatic heterocycles. The highest BCUT2D eigenvalue weighted by atomic mass is 16.2. The molecule has 25 heavy (non-hydrogen) atoms. The van der Waals surface area contributed by atoms with Crippen molar-refractivity contribution in [1.29, 1.82) is 0 Å². The minimum Gasteiger partial charge on any atom is -0.338 e. The number of carbonyl (C=O) groups is 1. The zero-order valence-corrected chi connectivity index (χ0v) is 15.9. The lowest BCUT2D eigenvalue weighted by Gasteiger charge is -2.38. The number of aromatic nitrogens is 1. The number of rotatable bonds is 5. The summed E-state index contributed by atoms with van der Waals surface area (Å²) in [5.74, 6) is 0.336. The number of nitrogens with zero attached hydrogens (tertiary/aromatic N) is 3. The number of aryl methyl sites for hydroxylation is 1. The molecular formula is C21H31N3O. The molecule has 0 aromatic carbocycles. The topological polar surface area (TPSA) is 36.4 Å². The summed E-state index contributed by atoms with van der Waals surface area (Å²) in [6, 6.07) is 4.34. The van der Waals surface area contributed by atoms with Crippen molar-refractivity contribution in [2.45, 2.75) is 53.0 Å². The van der Waals surface area contributed by atoms with Crippen LogP contribution in [0.3, 0.4) is 0 Å². The molecule has 1 amide bonds. The van der Waals surface area contributed by atoms with Gasteiger partial charge in [-0.15, -0.1) is 0 Å². The summed E-state index contributed by atoms with van der Waals surface area (Å²) < 4.78 is 0. The molecule has 136 valence electrons. The van der Waals surface area contributed by atoms with Crippen LogP contribution in [0.25, 0.3) is 0 Å². The average Bonchev–Trinajstić information content (AvgIpc) is 2.91. The Morgan fingerprint density at radius 2 is 2.04 bits per heavy atom. The van der Waals surface area contributed by atoms with Gasteiger partial charge in [0.2, 0.25) is 5.91 Å². The van der Waals surface area contributed by atoms with Gasteiger partial charge in [-0.2, -0.15) is 0 Å². The number of hydrogen-bond acceptors (Lipinski definition) is 3. The van der Waals surface area contributed by atoms with Gasteiger partial charge in [-0.05, 0) is 63.2 Å². The molecule has 0 atom stereocenters. The van der Waals surface area contributed by atoms with Gasteiger partial charge in [0.25, 0.3) is 0 Å². The predicted octanol–water partition coefficient (Wildman–Crippen LogP) is 3.42. The van der Waals surface area contributed by atoms with Gasteiger partial charge in [-0.25, -0.2) is 0 Å². The third-order valence-electron chi connectivity index (χ3n) is 5.72. The molecule has 3 rings (SSSR count). The van der Waals surface area contributed by atoms with Gasteiger partial charge in [-0.3, -0.25) is 14.7 Å². The van der Waals surface area contributed by atoms with Crippen LogP contribution in [0.4, 0.5) is 0 Å². The van der Waals surface area contributed by atoms with Crippen molar-refractivity contribution < 1.29 is 4.79 Å². The van der Waals surface area contributed by atoms with Crippen molar-refractivity contribution in [3.63, 3.8) is 0 Å². The van der Waals surface area contributed by atoms with Crippen LogP contribution in [0.1, 0.15) is 51.3 Å². The first-order valence-electron chi connectivity index (χ1n) is 9.57. The Bertz CT molecular complexity index is 623. The highest BCUT2D eigenvalue weighted by molar-refractivity contribution is 5.79. The average molecular weight is 341 g/mol. The molecule has 1 spiro atoms. The molecule has 0 aliphatic carbocycles. The first-order valence-corrected chi connectivity index (χ1v) is 9.57. The first kappa shape index (κ1) is 18.1. The Balaban J connectivity index is 1.52. The lowest BCUT2D eigenvalue weighted by molar-refractivity contribution is -0.127. The molecule has 2 aliphatic rings. The number of allylic oxidation sites excluding steroid dienone is 1. The van der Waals surface area contributed by atoms with E-state index in [1.54, 1.807) is 0 Å². The Hall–Kier alpha value is -1.68. The van der Waals surface area contributed by atoms with E-state index in [4.69, 9.17) is 0 Å². The van der Waals surface area contributed by atoms with Gasteiger partial charge in [0.05, 0.1) is 5.69 Å². The summed E-state index contributed by atoms with van der Waals surface area (Å²) in [6.45, 7) is 11.1. The van der Waals surface area contributed by atoms with Crippen LogP contribution >= 0.6 is 0 Å². The van der Waals surface area contributed by atoms with Crippen LogP contribution in [0.2, 0.25) is 0 Å². The van der Waals surface area contributed by atoms with E-state index >= 15 is 0 Å². The van der Waals surface area contributed by atoms with E-state index in [1.807, 2.05) is 11.1 Å². The Labute approximate surface area is 151 Å². The standard InChI is InChI=1S/C21H31N3O/c1-4-18-5-6-19(22-14-18)15-23-11-8-21(9-12-23)13-20(25)24(16-21)10-7-17(2)3/h5-7,14H,4,8-13,15-16H2,1-3H3. The summed E-state index contributed by atoms with van der Waals surface area (Å²) in [7, 11) is 0. The molecule has 0 radical (unpaired) electrons. The van der Waals surface area contributed by atoms with Crippen molar-refractivity contribution in [1.82, 2.24) is 14.8 Å². The SMILES string of the molecule is CCc1ccc(CN2CCC3(CC2)CC(=O)N(CC=C(C)C)C3)nc1. The second-order valence-electron chi connectivity index (χ2n) is 8.02. The van der Waals surface area contributed by atoms with Crippen molar-refractivity contribution in [2.24, 2.45) is 5.41 Å². The molecule has 2 saturated heterocycles. The van der Waals surface area contributed by atoms with Crippen LogP contribution in [-0.2, 0) is 17.8 Å². The Morgan fingerprint density at radius 1 is 1.28 bits per heavy atom. The van der Waals surface area contributed by atoms with Crippen LogP contribution in [0, 0.1) is 5.41 Å². The second-order valence-corrected chi connectivity index (χ2v) is 8.02. The smallest absolute Gasteiger partial charge is 0.223 e. The van der Waals surface area contributed by atoms with E-state index in [9.17, 15) is 4.79 Å². The summed E-state index contributed by atoms with van der Waals surface area (Å²) in [6.07, 6.45) is 8.18. The van der Waals surface area contributed by atoms with Gasteiger partial charge in [0.1, 0.15) is 0 Å². The van der Waals surface area contributed by atoms with Gasteiger partial charge in [-0.1, -0.05) is 24.6 Å². The van der Waals surface area contributed by atoms with E-state index in [0.29, 0.717) is 5.91 Å².